The second-order valence-corrected chi connectivity index (χ2v) is 6.76. The van der Waals surface area contributed by atoms with Gasteiger partial charge in [-0.1, -0.05) is 41.9 Å². The van der Waals surface area contributed by atoms with E-state index in [0.717, 1.165) is 12.1 Å². The van der Waals surface area contributed by atoms with Gasteiger partial charge in [-0.3, -0.25) is 9.69 Å². The smallest absolute Gasteiger partial charge is 0.258 e. The number of benzene rings is 2. The first kappa shape index (κ1) is 17.8. The summed E-state index contributed by atoms with van der Waals surface area (Å²) in [5, 5.41) is 3.48. The molecule has 132 valence electrons. The van der Waals surface area contributed by atoms with Crippen LogP contribution < -0.4 is 10.1 Å². The van der Waals surface area contributed by atoms with Crippen LogP contribution in [0.2, 0.25) is 5.02 Å². The number of carbonyl (C=O) groups is 1. The van der Waals surface area contributed by atoms with Gasteiger partial charge in [0.2, 0.25) is 0 Å². The Morgan fingerprint density at radius 2 is 1.84 bits per heavy atom. The maximum atomic E-state index is 12.0. The van der Waals surface area contributed by atoms with Crippen LogP contribution in [0.5, 0.6) is 5.75 Å². The first-order valence-electron chi connectivity index (χ1n) is 8.64. The zero-order chi connectivity index (χ0) is 17.5. The van der Waals surface area contributed by atoms with Gasteiger partial charge in [0.15, 0.2) is 6.61 Å². The molecule has 2 aromatic carbocycles. The van der Waals surface area contributed by atoms with Crippen molar-refractivity contribution in [1.82, 2.24) is 10.2 Å². The van der Waals surface area contributed by atoms with E-state index in [4.69, 9.17) is 16.3 Å². The Kier molecular flexibility index (Phi) is 6.31. The molecule has 1 aliphatic heterocycles. The second kappa shape index (κ2) is 8.88. The van der Waals surface area contributed by atoms with Gasteiger partial charge >= 0.3 is 0 Å². The lowest BCUT2D eigenvalue weighted by atomic mass is 10.1. The van der Waals surface area contributed by atoms with Crippen LogP contribution in [0.4, 0.5) is 0 Å². The topological polar surface area (TPSA) is 41.6 Å². The maximum Gasteiger partial charge on any atom is 0.258 e. The zero-order valence-corrected chi connectivity index (χ0v) is 15.0. The summed E-state index contributed by atoms with van der Waals surface area (Å²) in [6.45, 7) is 3.84. The van der Waals surface area contributed by atoms with Gasteiger partial charge in [0, 0.05) is 18.1 Å². The molecule has 1 saturated heterocycles. The van der Waals surface area contributed by atoms with Crippen molar-refractivity contribution in [1.29, 1.82) is 0 Å². The molecule has 1 amide bonds. The zero-order valence-electron chi connectivity index (χ0n) is 14.2. The first-order valence-corrected chi connectivity index (χ1v) is 9.02. The molecule has 1 N–H and O–H groups in total. The summed E-state index contributed by atoms with van der Waals surface area (Å²) < 4.78 is 5.45. The minimum atomic E-state index is -0.148. The Hall–Kier alpha value is -2.04. The monoisotopic (exact) mass is 358 g/mol. The number of halogens is 1. The van der Waals surface area contributed by atoms with Crippen LogP contribution in [-0.4, -0.2) is 30.5 Å². The van der Waals surface area contributed by atoms with Crippen molar-refractivity contribution < 1.29 is 9.53 Å². The number of hydrogen-bond donors (Lipinski definition) is 1. The summed E-state index contributed by atoms with van der Waals surface area (Å²) in [5.41, 5.74) is 2.40. The molecule has 1 fully saturated rings. The number of nitrogens with zero attached hydrogens (tertiary/aromatic N) is 1. The fourth-order valence-electron chi connectivity index (χ4n) is 2.99. The lowest BCUT2D eigenvalue weighted by Gasteiger charge is -2.15. The van der Waals surface area contributed by atoms with Crippen LogP contribution in [0, 0.1) is 0 Å². The van der Waals surface area contributed by atoms with Gasteiger partial charge in [0.1, 0.15) is 5.75 Å². The molecule has 1 heterocycles. The lowest BCUT2D eigenvalue weighted by molar-refractivity contribution is -0.123. The Labute approximate surface area is 153 Å². The molecule has 0 spiro atoms. The highest BCUT2D eigenvalue weighted by Gasteiger charge is 2.11. The second-order valence-electron chi connectivity index (χ2n) is 6.33. The summed E-state index contributed by atoms with van der Waals surface area (Å²) in [4.78, 5) is 14.4. The van der Waals surface area contributed by atoms with Crippen molar-refractivity contribution in [3.63, 3.8) is 0 Å². The van der Waals surface area contributed by atoms with Crippen molar-refractivity contribution in [2.45, 2.75) is 25.9 Å². The third kappa shape index (κ3) is 5.76. The van der Waals surface area contributed by atoms with Crippen LogP contribution >= 0.6 is 11.6 Å². The number of carbonyl (C=O) groups excluding carboxylic acids is 1. The molecule has 3 rings (SSSR count). The van der Waals surface area contributed by atoms with E-state index in [-0.39, 0.29) is 12.5 Å². The van der Waals surface area contributed by atoms with Crippen LogP contribution in [0.15, 0.2) is 48.5 Å². The maximum absolute atomic E-state index is 12.0. The molecule has 0 aromatic heterocycles. The Morgan fingerprint density at radius 3 is 2.64 bits per heavy atom. The molecule has 4 nitrogen and oxygen atoms in total. The van der Waals surface area contributed by atoms with E-state index in [1.54, 1.807) is 24.3 Å². The average molecular weight is 359 g/mol. The van der Waals surface area contributed by atoms with Crippen LogP contribution in [0.25, 0.3) is 0 Å². The molecular formula is C20H23ClN2O2. The van der Waals surface area contributed by atoms with Crippen LogP contribution in [-0.2, 0) is 17.9 Å². The molecule has 0 radical (unpaired) electrons. The Bertz CT molecular complexity index is 714. The van der Waals surface area contributed by atoms with E-state index in [1.807, 2.05) is 6.07 Å². The molecule has 5 heteroatoms. The highest BCUT2D eigenvalue weighted by Crippen LogP contribution is 2.17. The van der Waals surface area contributed by atoms with E-state index < -0.39 is 0 Å². The number of ether oxygens (including phenoxy) is 1. The molecule has 0 unspecified atom stereocenters. The Morgan fingerprint density at radius 1 is 1.08 bits per heavy atom. The molecule has 0 atom stereocenters. The van der Waals surface area contributed by atoms with Crippen molar-refractivity contribution in [2.24, 2.45) is 0 Å². The van der Waals surface area contributed by atoms with Gasteiger partial charge in [-0.2, -0.15) is 0 Å². The Balaban J connectivity index is 1.45. The molecule has 2 aromatic rings. The molecule has 1 aliphatic rings. The number of hydrogen-bond acceptors (Lipinski definition) is 3. The van der Waals surface area contributed by atoms with Crippen molar-refractivity contribution >= 4 is 17.5 Å². The number of likely N-dealkylation sites (tertiary alicyclic amines) is 1. The third-order valence-electron chi connectivity index (χ3n) is 4.25. The summed E-state index contributed by atoms with van der Waals surface area (Å²) in [7, 11) is 0. The predicted octanol–water partition coefficient (Wildman–Crippen LogP) is 3.63. The predicted molar refractivity (Wildman–Crippen MR) is 99.7 cm³/mol. The van der Waals surface area contributed by atoms with Gasteiger partial charge in [-0.05, 0) is 55.3 Å². The van der Waals surface area contributed by atoms with Crippen molar-refractivity contribution in [3.8, 4) is 5.75 Å². The average Bonchev–Trinajstić information content (AvgIpc) is 3.11. The minimum Gasteiger partial charge on any atom is -0.484 e. The van der Waals surface area contributed by atoms with Gasteiger partial charge in [-0.15, -0.1) is 0 Å². The highest BCUT2D eigenvalue weighted by molar-refractivity contribution is 6.30. The van der Waals surface area contributed by atoms with Gasteiger partial charge in [0.25, 0.3) is 5.91 Å². The summed E-state index contributed by atoms with van der Waals surface area (Å²) >= 11 is 5.89. The number of amides is 1. The summed E-state index contributed by atoms with van der Waals surface area (Å²) in [6, 6.07) is 15.4. The normalized spacial score (nSPS) is 14.4. The fourth-order valence-corrected chi connectivity index (χ4v) is 3.17. The van der Waals surface area contributed by atoms with Gasteiger partial charge in [0.05, 0.1) is 0 Å². The summed E-state index contributed by atoms with van der Waals surface area (Å²) in [6.07, 6.45) is 2.59. The van der Waals surface area contributed by atoms with E-state index in [9.17, 15) is 4.79 Å². The highest BCUT2D eigenvalue weighted by atomic mass is 35.5. The minimum absolute atomic E-state index is 0.0200. The van der Waals surface area contributed by atoms with Crippen molar-refractivity contribution in [2.75, 3.05) is 19.7 Å². The third-order valence-corrected chi connectivity index (χ3v) is 4.49. The van der Waals surface area contributed by atoms with Gasteiger partial charge < -0.3 is 10.1 Å². The van der Waals surface area contributed by atoms with Crippen LogP contribution in [0.3, 0.4) is 0 Å². The SMILES string of the molecule is O=C(COc1cccc(Cl)c1)NCc1cccc(CN2CCCC2)c1. The molecule has 0 bridgehead atoms. The largest absolute Gasteiger partial charge is 0.484 e. The van der Waals surface area contributed by atoms with E-state index in [1.165, 1.54) is 31.5 Å². The standard InChI is InChI=1S/C20H23ClN2O2/c21-18-7-4-8-19(12-18)25-15-20(24)22-13-16-5-3-6-17(11-16)14-23-9-1-2-10-23/h3-8,11-12H,1-2,9-10,13-15H2,(H,22,24). The van der Waals surface area contributed by atoms with Crippen LogP contribution in [0.1, 0.15) is 24.0 Å². The summed E-state index contributed by atoms with van der Waals surface area (Å²) in [5.74, 6) is 0.445. The quantitative estimate of drug-likeness (QED) is 0.821. The fraction of sp³-hybridized carbons (Fsp3) is 0.350. The molecule has 25 heavy (non-hydrogen) atoms. The van der Waals surface area contributed by atoms with E-state index in [0.29, 0.717) is 17.3 Å². The lowest BCUT2D eigenvalue weighted by Crippen LogP contribution is -2.28. The molecular weight excluding hydrogens is 336 g/mol. The van der Waals surface area contributed by atoms with Gasteiger partial charge in [-0.25, -0.2) is 0 Å². The number of rotatable bonds is 7. The molecule has 0 saturated carbocycles. The number of nitrogens with one attached hydrogen (secondary N) is 1. The van der Waals surface area contributed by atoms with Crippen molar-refractivity contribution in [3.05, 3.63) is 64.7 Å². The van der Waals surface area contributed by atoms with E-state index in [2.05, 4.69) is 28.4 Å². The van der Waals surface area contributed by atoms with E-state index >= 15 is 0 Å². The molecule has 0 aliphatic carbocycles. The first-order chi connectivity index (χ1) is 12.2.